The highest BCUT2D eigenvalue weighted by atomic mass is 16.5. The normalized spacial score (nSPS) is 16.7. The molecule has 0 aliphatic heterocycles. The van der Waals surface area contributed by atoms with Crippen LogP contribution in [0.1, 0.15) is 25.0 Å². The third-order valence-corrected chi connectivity index (χ3v) is 2.18. The zero-order chi connectivity index (χ0) is 9.10. The highest BCUT2D eigenvalue weighted by Gasteiger charge is 2.19. The molecule has 1 saturated carbocycles. The largest absolute Gasteiger partial charge is 0.473 e. The van der Waals surface area contributed by atoms with E-state index in [9.17, 15) is 0 Å². The van der Waals surface area contributed by atoms with Crippen LogP contribution in [0.3, 0.4) is 0 Å². The van der Waals surface area contributed by atoms with E-state index < -0.39 is 0 Å². The van der Waals surface area contributed by atoms with Crippen LogP contribution in [-0.4, -0.2) is 21.2 Å². The zero-order valence-electron chi connectivity index (χ0n) is 7.31. The quantitative estimate of drug-likeness (QED) is 0.750. The van der Waals surface area contributed by atoms with E-state index in [1.54, 1.807) is 6.20 Å². The van der Waals surface area contributed by atoms with Crippen molar-refractivity contribution in [2.75, 3.05) is 0 Å². The Morgan fingerprint density at radius 3 is 2.69 bits per heavy atom. The first kappa shape index (κ1) is 8.44. The molecule has 1 fully saturated rings. The average molecular weight is 180 g/mol. The van der Waals surface area contributed by atoms with Gasteiger partial charge in [-0.3, -0.25) is 4.98 Å². The van der Waals surface area contributed by atoms with Crippen molar-refractivity contribution in [3.8, 4) is 5.88 Å². The maximum atomic E-state index is 8.72. The Balaban J connectivity index is 1.96. The van der Waals surface area contributed by atoms with Gasteiger partial charge >= 0.3 is 0 Å². The molecule has 13 heavy (non-hydrogen) atoms. The Bertz CT molecular complexity index is 269. The van der Waals surface area contributed by atoms with Crippen LogP contribution in [0.5, 0.6) is 5.88 Å². The minimum Gasteiger partial charge on any atom is -0.473 e. The molecule has 1 aromatic heterocycles. The maximum absolute atomic E-state index is 8.72. The molecular formula is C9H12N2O2. The van der Waals surface area contributed by atoms with Crippen LogP contribution in [0.25, 0.3) is 0 Å². The lowest BCUT2D eigenvalue weighted by Gasteiger charge is -2.25. The van der Waals surface area contributed by atoms with Crippen LogP contribution in [0, 0.1) is 0 Å². The van der Waals surface area contributed by atoms with Gasteiger partial charge < -0.3 is 9.84 Å². The Labute approximate surface area is 76.6 Å². The Morgan fingerprint density at radius 1 is 1.38 bits per heavy atom. The number of aliphatic hydroxyl groups is 1. The maximum Gasteiger partial charge on any atom is 0.232 e. The highest BCUT2D eigenvalue weighted by Crippen LogP contribution is 2.23. The van der Waals surface area contributed by atoms with Crippen LogP contribution in [0.4, 0.5) is 0 Å². The fraction of sp³-hybridized carbons (Fsp3) is 0.556. The summed E-state index contributed by atoms with van der Waals surface area (Å²) in [6.45, 7) is -0.0727. The summed E-state index contributed by atoms with van der Waals surface area (Å²) in [6, 6.07) is 0. The van der Waals surface area contributed by atoms with Gasteiger partial charge in [-0.2, -0.15) is 0 Å². The summed E-state index contributed by atoms with van der Waals surface area (Å²) in [6.07, 6.45) is 6.90. The van der Waals surface area contributed by atoms with Crippen LogP contribution in [0.2, 0.25) is 0 Å². The summed E-state index contributed by atoms with van der Waals surface area (Å²) in [5.74, 6) is 0.557. The number of aromatic nitrogens is 2. The van der Waals surface area contributed by atoms with E-state index in [4.69, 9.17) is 9.84 Å². The van der Waals surface area contributed by atoms with Crippen LogP contribution in [-0.2, 0) is 6.61 Å². The number of hydrogen-bond acceptors (Lipinski definition) is 4. The number of rotatable bonds is 3. The molecule has 1 heterocycles. The van der Waals surface area contributed by atoms with E-state index in [1.165, 1.54) is 12.6 Å². The molecule has 1 N–H and O–H groups in total. The summed E-state index contributed by atoms with van der Waals surface area (Å²) in [7, 11) is 0. The average Bonchev–Trinajstić information content (AvgIpc) is 2.12. The van der Waals surface area contributed by atoms with Gasteiger partial charge in [0.05, 0.1) is 24.7 Å². The van der Waals surface area contributed by atoms with Crippen molar-refractivity contribution in [1.29, 1.82) is 0 Å². The number of nitrogens with zero attached hydrogens (tertiary/aromatic N) is 2. The number of aliphatic hydroxyl groups excluding tert-OH is 1. The summed E-state index contributed by atoms with van der Waals surface area (Å²) in [5, 5.41) is 8.72. The molecule has 0 atom stereocenters. The molecule has 2 rings (SSSR count). The van der Waals surface area contributed by atoms with Crippen molar-refractivity contribution in [2.45, 2.75) is 32.0 Å². The first-order valence-electron chi connectivity index (χ1n) is 4.47. The second kappa shape index (κ2) is 3.70. The van der Waals surface area contributed by atoms with Crippen molar-refractivity contribution in [2.24, 2.45) is 0 Å². The molecule has 0 unspecified atom stereocenters. The van der Waals surface area contributed by atoms with Gasteiger partial charge in [-0.25, -0.2) is 4.98 Å². The lowest BCUT2D eigenvalue weighted by atomic mass is 9.96. The first-order valence-corrected chi connectivity index (χ1v) is 4.47. The van der Waals surface area contributed by atoms with Gasteiger partial charge in [0.1, 0.15) is 6.10 Å². The molecular weight excluding hydrogens is 168 g/mol. The molecule has 0 saturated heterocycles. The van der Waals surface area contributed by atoms with E-state index in [0.29, 0.717) is 17.7 Å². The molecule has 1 aromatic rings. The summed E-state index contributed by atoms with van der Waals surface area (Å²) in [5.41, 5.74) is 0.570. The second-order valence-electron chi connectivity index (χ2n) is 3.17. The van der Waals surface area contributed by atoms with Crippen molar-refractivity contribution < 1.29 is 9.84 Å². The van der Waals surface area contributed by atoms with Gasteiger partial charge in [0.25, 0.3) is 0 Å². The molecule has 1 aliphatic rings. The van der Waals surface area contributed by atoms with E-state index in [0.717, 1.165) is 12.8 Å². The van der Waals surface area contributed by atoms with Crippen molar-refractivity contribution in [1.82, 2.24) is 9.97 Å². The fourth-order valence-electron chi connectivity index (χ4n) is 1.14. The van der Waals surface area contributed by atoms with Crippen LogP contribution >= 0.6 is 0 Å². The van der Waals surface area contributed by atoms with Crippen molar-refractivity contribution in [3.63, 3.8) is 0 Å². The molecule has 0 aromatic carbocycles. The highest BCUT2D eigenvalue weighted by molar-refractivity contribution is 5.07. The molecule has 4 heteroatoms. The van der Waals surface area contributed by atoms with E-state index in [1.807, 2.05) is 0 Å². The molecule has 4 nitrogen and oxygen atoms in total. The molecule has 0 spiro atoms. The Morgan fingerprint density at radius 2 is 2.23 bits per heavy atom. The van der Waals surface area contributed by atoms with Crippen molar-refractivity contribution in [3.05, 3.63) is 18.1 Å². The number of ether oxygens (including phenoxy) is 1. The zero-order valence-corrected chi connectivity index (χ0v) is 7.31. The standard InChI is InChI=1S/C9H12N2O2/c12-6-7-4-11-9(5-10-7)13-8-2-1-3-8/h4-5,8,12H,1-3,6H2. The summed E-state index contributed by atoms with van der Waals surface area (Å²) >= 11 is 0. The smallest absolute Gasteiger partial charge is 0.232 e. The Kier molecular flexibility index (Phi) is 2.40. The van der Waals surface area contributed by atoms with Crippen LogP contribution in [0.15, 0.2) is 12.4 Å². The van der Waals surface area contributed by atoms with Gasteiger partial charge in [0.2, 0.25) is 5.88 Å². The summed E-state index contributed by atoms with van der Waals surface area (Å²) < 4.78 is 5.49. The Hall–Kier alpha value is -1.16. The van der Waals surface area contributed by atoms with E-state index in [-0.39, 0.29) is 6.61 Å². The SMILES string of the molecule is OCc1cnc(OC2CCC2)cn1. The lowest BCUT2D eigenvalue weighted by molar-refractivity contribution is 0.114. The van der Waals surface area contributed by atoms with Gasteiger partial charge in [0, 0.05) is 0 Å². The minimum absolute atomic E-state index is 0.0727. The molecule has 70 valence electrons. The predicted octanol–water partition coefficient (Wildman–Crippen LogP) is 0.900. The minimum atomic E-state index is -0.0727. The lowest BCUT2D eigenvalue weighted by Crippen LogP contribution is -2.25. The molecule has 0 radical (unpaired) electrons. The van der Waals surface area contributed by atoms with Gasteiger partial charge in [0.15, 0.2) is 0 Å². The van der Waals surface area contributed by atoms with Crippen molar-refractivity contribution >= 4 is 0 Å². The first-order chi connectivity index (χ1) is 6.38. The van der Waals surface area contributed by atoms with Gasteiger partial charge in [-0.05, 0) is 19.3 Å². The third-order valence-electron chi connectivity index (χ3n) is 2.18. The topological polar surface area (TPSA) is 55.2 Å². The molecule has 0 amide bonds. The summed E-state index contributed by atoms with van der Waals surface area (Å²) in [4.78, 5) is 8.00. The van der Waals surface area contributed by atoms with E-state index in [2.05, 4.69) is 9.97 Å². The molecule has 0 bridgehead atoms. The predicted molar refractivity (Wildman–Crippen MR) is 46.2 cm³/mol. The molecule has 1 aliphatic carbocycles. The number of hydrogen-bond donors (Lipinski definition) is 1. The van der Waals surface area contributed by atoms with E-state index >= 15 is 0 Å². The monoisotopic (exact) mass is 180 g/mol. The third kappa shape index (κ3) is 1.95. The van der Waals surface area contributed by atoms with Gasteiger partial charge in [-0.1, -0.05) is 0 Å². The second-order valence-corrected chi connectivity index (χ2v) is 3.17. The van der Waals surface area contributed by atoms with Gasteiger partial charge in [-0.15, -0.1) is 0 Å². The fourth-order valence-corrected chi connectivity index (χ4v) is 1.14. The van der Waals surface area contributed by atoms with Crippen LogP contribution < -0.4 is 4.74 Å².